The number of hydrogen-bond donors (Lipinski definition) is 0. The van der Waals surface area contributed by atoms with E-state index >= 15 is 0 Å². The number of methoxy groups -OCH3 is 1. The molecule has 124 valence electrons. The molecule has 3 fully saturated rings. The zero-order valence-electron chi connectivity index (χ0n) is 13.7. The van der Waals surface area contributed by atoms with Gasteiger partial charge in [0.2, 0.25) is 5.91 Å². The van der Waals surface area contributed by atoms with Crippen LogP contribution in [-0.4, -0.2) is 85.5 Å². The maximum Gasteiger partial charge on any atom is 0.252 e. The molecule has 1 aliphatic carbocycles. The van der Waals surface area contributed by atoms with Crippen molar-refractivity contribution in [3.8, 4) is 0 Å². The maximum atomic E-state index is 12.6. The van der Waals surface area contributed by atoms with E-state index in [0.29, 0.717) is 32.1 Å². The molecule has 0 N–H and O–H groups in total. The molecule has 0 bridgehead atoms. The van der Waals surface area contributed by atoms with Crippen LogP contribution in [0.1, 0.15) is 25.7 Å². The maximum absolute atomic E-state index is 12.6. The third-order valence-electron chi connectivity index (χ3n) is 5.26. The zero-order chi connectivity index (χ0) is 15.7. The summed E-state index contributed by atoms with van der Waals surface area (Å²) in [4.78, 5) is 31.0. The summed E-state index contributed by atoms with van der Waals surface area (Å²) in [6.45, 7) is 3.57. The third-order valence-corrected chi connectivity index (χ3v) is 5.26. The Morgan fingerprint density at radius 3 is 2.14 bits per heavy atom. The summed E-state index contributed by atoms with van der Waals surface area (Å²) in [7, 11) is 3.64. The molecule has 2 aliphatic heterocycles. The van der Waals surface area contributed by atoms with Gasteiger partial charge in [0.1, 0.15) is 6.10 Å². The first-order chi connectivity index (χ1) is 10.6. The fourth-order valence-electron chi connectivity index (χ4n) is 3.65. The second-order valence-corrected chi connectivity index (χ2v) is 6.78. The van der Waals surface area contributed by atoms with Crippen LogP contribution in [-0.2, 0) is 14.3 Å². The Morgan fingerprint density at radius 2 is 1.64 bits per heavy atom. The van der Waals surface area contributed by atoms with Crippen molar-refractivity contribution in [2.45, 2.75) is 37.8 Å². The second-order valence-electron chi connectivity index (χ2n) is 6.78. The van der Waals surface area contributed by atoms with Crippen molar-refractivity contribution in [3.63, 3.8) is 0 Å². The topological polar surface area (TPSA) is 53.1 Å². The van der Waals surface area contributed by atoms with Gasteiger partial charge in [0.15, 0.2) is 0 Å². The molecule has 0 aromatic rings. The van der Waals surface area contributed by atoms with Gasteiger partial charge < -0.3 is 14.5 Å². The number of hydrogen-bond acceptors (Lipinski definition) is 4. The first-order valence-electron chi connectivity index (χ1n) is 8.42. The Balaban J connectivity index is 1.51. The molecule has 22 heavy (non-hydrogen) atoms. The number of ether oxygens (including phenoxy) is 1. The summed E-state index contributed by atoms with van der Waals surface area (Å²) in [6.07, 6.45) is 3.97. The standard InChI is InChI=1S/C16H27N3O3/c1-17-7-3-4-13(17)15(20)18-8-10-19(11-9-18)16(21)14(22-2)12-5-6-12/h12-14H,3-11H2,1-2H3/t13-,14+/m1/s1. The van der Waals surface area contributed by atoms with Crippen LogP contribution in [0.3, 0.4) is 0 Å². The van der Waals surface area contributed by atoms with Crippen LogP contribution in [0, 0.1) is 5.92 Å². The van der Waals surface area contributed by atoms with E-state index in [-0.39, 0.29) is 24.0 Å². The summed E-state index contributed by atoms with van der Waals surface area (Å²) in [5.74, 6) is 0.747. The average Bonchev–Trinajstić information content (AvgIpc) is 3.28. The Kier molecular flexibility index (Phi) is 4.68. The lowest BCUT2D eigenvalue weighted by atomic mass is 10.1. The normalized spacial score (nSPS) is 28.0. The van der Waals surface area contributed by atoms with E-state index in [2.05, 4.69) is 4.90 Å². The minimum Gasteiger partial charge on any atom is -0.371 e. The number of carbonyl (C=O) groups excluding carboxylic acids is 2. The molecule has 3 rings (SSSR count). The van der Waals surface area contributed by atoms with E-state index in [1.807, 2.05) is 16.8 Å². The minimum atomic E-state index is -0.275. The molecule has 0 aromatic carbocycles. The lowest BCUT2D eigenvalue weighted by Gasteiger charge is -2.38. The monoisotopic (exact) mass is 309 g/mol. The van der Waals surface area contributed by atoms with E-state index in [9.17, 15) is 9.59 Å². The van der Waals surface area contributed by atoms with Crippen molar-refractivity contribution in [1.29, 1.82) is 0 Å². The molecule has 1 saturated carbocycles. The summed E-state index contributed by atoms with van der Waals surface area (Å²) >= 11 is 0. The van der Waals surface area contributed by atoms with Crippen molar-refractivity contribution < 1.29 is 14.3 Å². The molecular formula is C16H27N3O3. The van der Waals surface area contributed by atoms with Crippen LogP contribution < -0.4 is 0 Å². The number of nitrogens with zero attached hydrogens (tertiary/aromatic N) is 3. The minimum absolute atomic E-state index is 0.0421. The fraction of sp³-hybridized carbons (Fsp3) is 0.875. The van der Waals surface area contributed by atoms with Crippen molar-refractivity contribution in [2.24, 2.45) is 5.92 Å². The number of likely N-dealkylation sites (tertiary alicyclic amines) is 1. The number of rotatable bonds is 4. The van der Waals surface area contributed by atoms with Gasteiger partial charge in [0.25, 0.3) is 5.91 Å². The van der Waals surface area contributed by atoms with E-state index in [0.717, 1.165) is 32.2 Å². The zero-order valence-corrected chi connectivity index (χ0v) is 13.7. The largest absolute Gasteiger partial charge is 0.371 e. The van der Waals surface area contributed by atoms with Crippen molar-refractivity contribution in [1.82, 2.24) is 14.7 Å². The van der Waals surface area contributed by atoms with Crippen LogP contribution in [0.15, 0.2) is 0 Å². The second kappa shape index (κ2) is 6.54. The molecule has 0 unspecified atom stereocenters. The highest BCUT2D eigenvalue weighted by molar-refractivity contribution is 5.84. The molecule has 2 heterocycles. The molecule has 0 radical (unpaired) electrons. The SMILES string of the molecule is CO[C@H](C(=O)N1CCN(C(=O)[C@H]2CCCN2C)CC1)C1CC1. The average molecular weight is 309 g/mol. The molecule has 3 aliphatic rings. The van der Waals surface area contributed by atoms with E-state index in [1.165, 1.54) is 0 Å². The first-order valence-corrected chi connectivity index (χ1v) is 8.42. The molecule has 6 nitrogen and oxygen atoms in total. The Morgan fingerprint density at radius 1 is 1.00 bits per heavy atom. The fourth-order valence-corrected chi connectivity index (χ4v) is 3.65. The van der Waals surface area contributed by atoms with E-state index in [1.54, 1.807) is 7.11 Å². The summed E-state index contributed by atoms with van der Waals surface area (Å²) in [6, 6.07) is 0.0421. The van der Waals surface area contributed by atoms with Gasteiger partial charge in [-0.1, -0.05) is 0 Å². The predicted molar refractivity (Wildman–Crippen MR) is 82.3 cm³/mol. The van der Waals surface area contributed by atoms with Gasteiger partial charge >= 0.3 is 0 Å². The molecule has 2 atom stereocenters. The Bertz CT molecular complexity index is 408. The van der Waals surface area contributed by atoms with Crippen LogP contribution in [0.2, 0.25) is 0 Å². The third kappa shape index (κ3) is 3.13. The van der Waals surface area contributed by atoms with Crippen LogP contribution >= 0.6 is 0 Å². The number of amides is 2. The van der Waals surface area contributed by atoms with Gasteiger partial charge in [-0.25, -0.2) is 0 Å². The first kappa shape index (κ1) is 15.7. The van der Waals surface area contributed by atoms with Crippen molar-refractivity contribution >= 4 is 11.8 Å². The van der Waals surface area contributed by atoms with Crippen LogP contribution in [0.5, 0.6) is 0 Å². The van der Waals surface area contributed by atoms with Crippen molar-refractivity contribution in [2.75, 3.05) is 46.9 Å². The Labute approximate surface area is 132 Å². The summed E-state index contributed by atoms with van der Waals surface area (Å²) in [5.41, 5.74) is 0. The number of likely N-dealkylation sites (N-methyl/N-ethyl adjacent to an activating group) is 1. The van der Waals surface area contributed by atoms with E-state index in [4.69, 9.17) is 4.74 Å². The molecule has 6 heteroatoms. The highest BCUT2D eigenvalue weighted by atomic mass is 16.5. The molecule has 0 aromatic heterocycles. The quantitative estimate of drug-likeness (QED) is 0.743. The molecule has 2 amide bonds. The lowest BCUT2D eigenvalue weighted by molar-refractivity contribution is -0.148. The van der Waals surface area contributed by atoms with Crippen molar-refractivity contribution in [3.05, 3.63) is 0 Å². The predicted octanol–water partition coefficient (Wildman–Crippen LogP) is 0.176. The van der Waals surface area contributed by atoms with Gasteiger partial charge in [-0.15, -0.1) is 0 Å². The van der Waals surface area contributed by atoms with Gasteiger partial charge in [0, 0.05) is 33.3 Å². The molecule has 2 saturated heterocycles. The number of carbonyl (C=O) groups is 2. The summed E-state index contributed by atoms with van der Waals surface area (Å²) < 4.78 is 5.38. The highest BCUT2D eigenvalue weighted by Gasteiger charge is 2.40. The highest BCUT2D eigenvalue weighted by Crippen LogP contribution is 2.35. The lowest BCUT2D eigenvalue weighted by Crippen LogP contribution is -2.56. The number of piperazine rings is 1. The van der Waals surface area contributed by atoms with E-state index < -0.39 is 0 Å². The molecular weight excluding hydrogens is 282 g/mol. The summed E-state index contributed by atoms with van der Waals surface area (Å²) in [5, 5.41) is 0. The van der Waals surface area contributed by atoms with Gasteiger partial charge in [0.05, 0.1) is 6.04 Å². The van der Waals surface area contributed by atoms with Gasteiger partial charge in [-0.3, -0.25) is 14.5 Å². The van der Waals surface area contributed by atoms with Crippen LogP contribution in [0.4, 0.5) is 0 Å². The van der Waals surface area contributed by atoms with Gasteiger partial charge in [-0.2, -0.15) is 0 Å². The van der Waals surface area contributed by atoms with Crippen LogP contribution in [0.25, 0.3) is 0 Å². The molecule has 0 spiro atoms. The Hall–Kier alpha value is -1.14. The smallest absolute Gasteiger partial charge is 0.252 e. The van der Waals surface area contributed by atoms with Gasteiger partial charge in [-0.05, 0) is 45.2 Å².